The smallest absolute Gasteiger partial charge is 0.319 e. The fourth-order valence-corrected chi connectivity index (χ4v) is 2.80. The minimum Gasteiger partial charge on any atom is -0.465 e. The molecule has 1 aliphatic heterocycles. The number of amides is 2. The van der Waals surface area contributed by atoms with Crippen molar-refractivity contribution in [2.75, 3.05) is 6.61 Å². The molecule has 0 aromatic heterocycles. The van der Waals surface area contributed by atoms with Crippen LogP contribution in [-0.4, -0.2) is 24.4 Å². The summed E-state index contributed by atoms with van der Waals surface area (Å²) in [7, 11) is 0. The minimum absolute atomic E-state index is 0.168. The number of esters is 1. The monoisotopic (exact) mass is 297 g/mol. The van der Waals surface area contributed by atoms with Crippen LogP contribution in [0, 0.1) is 5.92 Å². The number of benzene rings is 2. The quantitative estimate of drug-likeness (QED) is 0.532. The van der Waals surface area contributed by atoms with Gasteiger partial charge in [-0.1, -0.05) is 42.5 Å². The highest BCUT2D eigenvalue weighted by Gasteiger charge is 2.47. The maximum Gasteiger partial charge on any atom is 0.319 e. The molecular formula is C17H15NO4. The average molecular weight is 297 g/mol. The molecule has 2 aromatic carbocycles. The van der Waals surface area contributed by atoms with E-state index in [1.807, 2.05) is 36.4 Å². The van der Waals surface area contributed by atoms with Crippen LogP contribution in [0.3, 0.4) is 0 Å². The van der Waals surface area contributed by atoms with Crippen LogP contribution in [0.4, 0.5) is 0 Å². The van der Waals surface area contributed by atoms with Gasteiger partial charge in [0.15, 0.2) is 5.92 Å². The van der Waals surface area contributed by atoms with Crippen LogP contribution in [0.5, 0.6) is 0 Å². The van der Waals surface area contributed by atoms with E-state index in [1.165, 1.54) is 0 Å². The van der Waals surface area contributed by atoms with Gasteiger partial charge in [-0.15, -0.1) is 0 Å². The number of carbonyl (C=O) groups excluding carboxylic acids is 3. The summed E-state index contributed by atoms with van der Waals surface area (Å²) in [4.78, 5) is 36.0. The number of rotatable bonds is 3. The number of ether oxygens (including phenoxy) is 1. The molecule has 1 aliphatic rings. The van der Waals surface area contributed by atoms with E-state index >= 15 is 0 Å². The lowest BCUT2D eigenvalue weighted by molar-refractivity contribution is -0.151. The Hall–Kier alpha value is -2.69. The first-order valence-corrected chi connectivity index (χ1v) is 7.12. The van der Waals surface area contributed by atoms with Crippen molar-refractivity contribution < 1.29 is 19.1 Å². The second-order valence-corrected chi connectivity index (χ2v) is 5.17. The van der Waals surface area contributed by atoms with Crippen molar-refractivity contribution in [2.24, 2.45) is 5.92 Å². The predicted molar refractivity (Wildman–Crippen MR) is 80.0 cm³/mol. The van der Waals surface area contributed by atoms with Crippen molar-refractivity contribution in [3.63, 3.8) is 0 Å². The fourth-order valence-electron chi connectivity index (χ4n) is 2.80. The lowest BCUT2D eigenvalue weighted by Crippen LogP contribution is -2.29. The number of hydrogen-bond acceptors (Lipinski definition) is 4. The molecule has 1 N–H and O–H groups in total. The maximum absolute atomic E-state index is 12.1. The lowest BCUT2D eigenvalue weighted by atomic mass is 9.87. The van der Waals surface area contributed by atoms with Gasteiger partial charge in [-0.05, 0) is 23.3 Å². The highest BCUT2D eigenvalue weighted by Crippen LogP contribution is 2.32. The highest BCUT2D eigenvalue weighted by atomic mass is 16.5. The fraction of sp³-hybridized carbons (Fsp3) is 0.235. The molecule has 22 heavy (non-hydrogen) atoms. The lowest BCUT2D eigenvalue weighted by Gasteiger charge is -2.15. The van der Waals surface area contributed by atoms with Gasteiger partial charge in [-0.25, -0.2) is 0 Å². The summed E-state index contributed by atoms with van der Waals surface area (Å²) in [6.07, 6.45) is 0. The van der Waals surface area contributed by atoms with Crippen molar-refractivity contribution in [2.45, 2.75) is 12.8 Å². The second kappa shape index (κ2) is 5.60. The Balaban J connectivity index is 2.03. The Kier molecular flexibility index (Phi) is 3.63. The molecule has 2 amide bonds. The van der Waals surface area contributed by atoms with Crippen molar-refractivity contribution in [1.82, 2.24) is 5.32 Å². The number of carbonyl (C=O) groups is 3. The first kappa shape index (κ1) is 14.3. The first-order valence-electron chi connectivity index (χ1n) is 7.12. The molecule has 5 heteroatoms. The number of hydrogen-bond donors (Lipinski definition) is 1. The van der Waals surface area contributed by atoms with Crippen molar-refractivity contribution >= 4 is 28.6 Å². The molecular weight excluding hydrogens is 282 g/mol. The molecule has 112 valence electrons. The molecule has 1 fully saturated rings. The van der Waals surface area contributed by atoms with E-state index in [0.717, 1.165) is 10.8 Å². The van der Waals surface area contributed by atoms with E-state index in [2.05, 4.69) is 5.32 Å². The standard InChI is InChI=1S/C17H15NO4/c1-2-22-17(21)14-13(15(19)18-16(14)20)12-8-7-10-5-3-4-6-11(10)9-12/h3-9,13-14H,2H2,1H3,(H,18,19,20). The molecule has 0 saturated carbocycles. The van der Waals surface area contributed by atoms with Crippen molar-refractivity contribution in [3.05, 3.63) is 48.0 Å². The van der Waals surface area contributed by atoms with Gasteiger partial charge in [-0.2, -0.15) is 0 Å². The van der Waals surface area contributed by atoms with Gasteiger partial charge in [0, 0.05) is 0 Å². The molecule has 5 nitrogen and oxygen atoms in total. The largest absolute Gasteiger partial charge is 0.465 e. The molecule has 1 heterocycles. The van der Waals surface area contributed by atoms with Gasteiger partial charge in [0.2, 0.25) is 11.8 Å². The van der Waals surface area contributed by atoms with Gasteiger partial charge < -0.3 is 4.74 Å². The molecule has 2 aromatic rings. The minimum atomic E-state index is -1.12. The Labute approximate surface area is 127 Å². The Morgan fingerprint density at radius 1 is 1.09 bits per heavy atom. The number of nitrogens with one attached hydrogen (secondary N) is 1. The number of imide groups is 1. The summed E-state index contributed by atoms with van der Waals surface area (Å²) in [5.74, 6) is -3.67. The van der Waals surface area contributed by atoms with Gasteiger partial charge in [0.25, 0.3) is 0 Å². The summed E-state index contributed by atoms with van der Waals surface area (Å²) in [5, 5.41) is 4.21. The first-order chi connectivity index (χ1) is 10.6. The van der Waals surface area contributed by atoms with Crippen LogP contribution in [0.15, 0.2) is 42.5 Å². The Morgan fingerprint density at radius 3 is 2.55 bits per heavy atom. The highest BCUT2D eigenvalue weighted by molar-refractivity contribution is 6.16. The molecule has 0 bridgehead atoms. The zero-order chi connectivity index (χ0) is 15.7. The summed E-state index contributed by atoms with van der Waals surface area (Å²) in [5.41, 5.74) is 0.639. The summed E-state index contributed by atoms with van der Waals surface area (Å²) >= 11 is 0. The maximum atomic E-state index is 12.1. The van der Waals surface area contributed by atoms with Crippen molar-refractivity contribution in [3.8, 4) is 0 Å². The third-order valence-electron chi connectivity index (χ3n) is 3.82. The summed E-state index contributed by atoms with van der Waals surface area (Å²) in [6, 6.07) is 13.2. The number of fused-ring (bicyclic) bond motifs is 1. The van der Waals surface area contributed by atoms with Crippen LogP contribution in [-0.2, 0) is 19.1 Å². The third-order valence-corrected chi connectivity index (χ3v) is 3.82. The molecule has 3 rings (SSSR count). The van der Waals surface area contributed by atoms with E-state index < -0.39 is 29.6 Å². The predicted octanol–water partition coefficient (Wildman–Crippen LogP) is 1.76. The summed E-state index contributed by atoms with van der Waals surface area (Å²) < 4.78 is 4.93. The van der Waals surface area contributed by atoms with Crippen molar-refractivity contribution in [1.29, 1.82) is 0 Å². The second-order valence-electron chi connectivity index (χ2n) is 5.17. The topological polar surface area (TPSA) is 72.5 Å². The molecule has 1 saturated heterocycles. The van der Waals surface area contributed by atoms with Crippen LogP contribution in [0.2, 0.25) is 0 Å². The zero-order valence-corrected chi connectivity index (χ0v) is 12.0. The van der Waals surface area contributed by atoms with Gasteiger partial charge in [0.1, 0.15) is 0 Å². The summed E-state index contributed by atoms with van der Waals surface area (Å²) in [6.45, 7) is 1.83. The Morgan fingerprint density at radius 2 is 1.82 bits per heavy atom. The normalized spacial score (nSPS) is 21.0. The third kappa shape index (κ3) is 2.35. The van der Waals surface area contributed by atoms with Gasteiger partial charge >= 0.3 is 5.97 Å². The van der Waals surface area contributed by atoms with E-state index in [1.54, 1.807) is 13.0 Å². The van der Waals surface area contributed by atoms with Crippen LogP contribution >= 0.6 is 0 Å². The van der Waals surface area contributed by atoms with Gasteiger partial charge in [0.05, 0.1) is 12.5 Å². The molecule has 2 atom stereocenters. The van der Waals surface area contributed by atoms with Crippen LogP contribution in [0.25, 0.3) is 10.8 Å². The SMILES string of the molecule is CCOC(=O)C1C(=O)NC(=O)C1c1ccc2ccccc2c1. The molecule has 0 aliphatic carbocycles. The van der Waals surface area contributed by atoms with Crippen LogP contribution < -0.4 is 5.32 Å². The van der Waals surface area contributed by atoms with E-state index in [4.69, 9.17) is 4.74 Å². The zero-order valence-electron chi connectivity index (χ0n) is 12.0. The molecule has 0 spiro atoms. The van der Waals surface area contributed by atoms with Crippen LogP contribution in [0.1, 0.15) is 18.4 Å². The Bertz CT molecular complexity index is 768. The van der Waals surface area contributed by atoms with E-state index in [9.17, 15) is 14.4 Å². The van der Waals surface area contributed by atoms with Gasteiger partial charge in [-0.3, -0.25) is 19.7 Å². The van der Waals surface area contributed by atoms with E-state index in [0.29, 0.717) is 5.56 Å². The molecule has 2 unspecified atom stereocenters. The van der Waals surface area contributed by atoms with E-state index in [-0.39, 0.29) is 6.61 Å². The average Bonchev–Trinajstić information content (AvgIpc) is 2.81. The molecule has 0 radical (unpaired) electrons.